The van der Waals surface area contributed by atoms with Crippen LogP contribution in [0.15, 0.2) is 18.2 Å². The van der Waals surface area contributed by atoms with Gasteiger partial charge < -0.3 is 15.4 Å². The largest absolute Gasteiger partial charge is 0.481 e. The molecule has 0 aromatic heterocycles. The standard InChI is InChI=1S/C14H18Cl2N2O2.ClH/c1-9(14(19)18-10-3-2-6-17-8-10)20-11-4-5-12(15)13(16)7-11;/h4-5,7,9-10,17H,2-3,6,8H2,1H3,(H,18,19);1H. The van der Waals surface area contributed by atoms with Crippen molar-refractivity contribution in [2.75, 3.05) is 13.1 Å². The van der Waals surface area contributed by atoms with Gasteiger partial charge in [-0.1, -0.05) is 23.2 Å². The van der Waals surface area contributed by atoms with Crippen LogP contribution >= 0.6 is 35.6 Å². The van der Waals surface area contributed by atoms with E-state index in [1.54, 1.807) is 25.1 Å². The van der Waals surface area contributed by atoms with Crippen LogP contribution in [0.25, 0.3) is 0 Å². The summed E-state index contributed by atoms with van der Waals surface area (Å²) in [6.45, 7) is 3.54. The van der Waals surface area contributed by atoms with Crippen molar-refractivity contribution < 1.29 is 9.53 Å². The van der Waals surface area contributed by atoms with Gasteiger partial charge >= 0.3 is 0 Å². The van der Waals surface area contributed by atoms with Gasteiger partial charge in [-0.3, -0.25) is 4.79 Å². The van der Waals surface area contributed by atoms with Crippen molar-refractivity contribution in [3.8, 4) is 5.75 Å². The molecule has 2 unspecified atom stereocenters. The minimum absolute atomic E-state index is 0. The Labute approximate surface area is 140 Å². The zero-order chi connectivity index (χ0) is 14.5. The first-order valence-electron chi connectivity index (χ1n) is 6.69. The predicted molar refractivity (Wildman–Crippen MR) is 87.8 cm³/mol. The summed E-state index contributed by atoms with van der Waals surface area (Å²) in [6.07, 6.45) is 1.50. The van der Waals surface area contributed by atoms with Gasteiger partial charge in [0.05, 0.1) is 10.0 Å². The van der Waals surface area contributed by atoms with E-state index >= 15 is 0 Å². The number of carbonyl (C=O) groups excluding carboxylic acids is 1. The van der Waals surface area contributed by atoms with Gasteiger partial charge in [-0.2, -0.15) is 0 Å². The van der Waals surface area contributed by atoms with Crippen molar-refractivity contribution in [2.24, 2.45) is 0 Å². The maximum Gasteiger partial charge on any atom is 0.261 e. The number of piperidine rings is 1. The lowest BCUT2D eigenvalue weighted by molar-refractivity contribution is -0.128. The van der Waals surface area contributed by atoms with Crippen LogP contribution in [0, 0.1) is 0 Å². The molecule has 1 aromatic rings. The third kappa shape index (κ3) is 5.55. The minimum atomic E-state index is -0.575. The normalized spacial score (nSPS) is 19.3. The van der Waals surface area contributed by atoms with Crippen molar-refractivity contribution >= 4 is 41.5 Å². The Bertz CT molecular complexity index is 479. The van der Waals surface area contributed by atoms with Gasteiger partial charge in [-0.15, -0.1) is 12.4 Å². The highest BCUT2D eigenvalue weighted by Gasteiger charge is 2.20. The van der Waals surface area contributed by atoms with E-state index in [1.807, 2.05) is 0 Å². The average Bonchev–Trinajstić information content (AvgIpc) is 2.44. The van der Waals surface area contributed by atoms with Crippen molar-refractivity contribution in [1.82, 2.24) is 10.6 Å². The topological polar surface area (TPSA) is 50.4 Å². The van der Waals surface area contributed by atoms with Crippen molar-refractivity contribution in [1.29, 1.82) is 0 Å². The summed E-state index contributed by atoms with van der Waals surface area (Å²) in [5.41, 5.74) is 0. The molecule has 2 N–H and O–H groups in total. The molecule has 1 amide bonds. The molecule has 1 aliphatic rings. The van der Waals surface area contributed by atoms with E-state index in [1.165, 1.54) is 0 Å². The van der Waals surface area contributed by atoms with Crippen LogP contribution in [0.4, 0.5) is 0 Å². The minimum Gasteiger partial charge on any atom is -0.481 e. The molecule has 1 aromatic carbocycles. The fraction of sp³-hybridized carbons (Fsp3) is 0.500. The Morgan fingerprint density at radius 1 is 1.43 bits per heavy atom. The lowest BCUT2D eigenvalue weighted by Crippen LogP contribution is -2.49. The monoisotopic (exact) mass is 352 g/mol. The SMILES string of the molecule is CC(Oc1ccc(Cl)c(Cl)c1)C(=O)NC1CCCNC1.Cl. The first-order valence-corrected chi connectivity index (χ1v) is 7.44. The van der Waals surface area contributed by atoms with Gasteiger partial charge in [0.1, 0.15) is 5.75 Å². The molecule has 0 bridgehead atoms. The second kappa shape index (κ2) is 8.69. The molecule has 1 fully saturated rings. The van der Waals surface area contributed by atoms with Crippen LogP contribution in [0.3, 0.4) is 0 Å². The Morgan fingerprint density at radius 3 is 2.81 bits per heavy atom. The van der Waals surface area contributed by atoms with Crippen molar-refractivity contribution in [3.63, 3.8) is 0 Å². The summed E-state index contributed by atoms with van der Waals surface area (Å²) in [5.74, 6) is 0.411. The molecule has 1 heterocycles. The Hall–Kier alpha value is -0.680. The van der Waals surface area contributed by atoms with Gasteiger partial charge in [0.25, 0.3) is 5.91 Å². The number of ether oxygens (including phenoxy) is 1. The first kappa shape index (κ1) is 18.4. The smallest absolute Gasteiger partial charge is 0.261 e. The zero-order valence-corrected chi connectivity index (χ0v) is 14.0. The molecule has 1 saturated heterocycles. The summed E-state index contributed by atoms with van der Waals surface area (Å²) >= 11 is 11.7. The lowest BCUT2D eigenvalue weighted by Gasteiger charge is -2.25. The summed E-state index contributed by atoms with van der Waals surface area (Å²) in [7, 11) is 0. The Kier molecular flexibility index (Phi) is 7.60. The number of benzene rings is 1. The quantitative estimate of drug-likeness (QED) is 0.874. The van der Waals surface area contributed by atoms with Gasteiger partial charge in [0, 0.05) is 18.7 Å². The van der Waals surface area contributed by atoms with Crippen LogP contribution in [0.5, 0.6) is 5.75 Å². The molecular weight excluding hydrogens is 335 g/mol. The zero-order valence-electron chi connectivity index (χ0n) is 11.7. The van der Waals surface area contributed by atoms with E-state index in [2.05, 4.69) is 10.6 Å². The summed E-state index contributed by atoms with van der Waals surface area (Å²) in [6, 6.07) is 5.13. The molecular formula is C14H19Cl3N2O2. The van der Waals surface area contributed by atoms with E-state index in [0.717, 1.165) is 25.9 Å². The molecule has 0 spiro atoms. The van der Waals surface area contributed by atoms with Crippen molar-refractivity contribution in [2.45, 2.75) is 31.9 Å². The van der Waals surface area contributed by atoms with Crippen molar-refractivity contribution in [3.05, 3.63) is 28.2 Å². The summed E-state index contributed by atoms with van der Waals surface area (Å²) < 4.78 is 5.58. The number of halogens is 3. The Balaban J connectivity index is 0.00000220. The van der Waals surface area contributed by atoms with Crippen LogP contribution in [-0.2, 0) is 4.79 Å². The highest BCUT2D eigenvalue weighted by Crippen LogP contribution is 2.26. The molecule has 118 valence electrons. The second-order valence-corrected chi connectivity index (χ2v) is 5.70. The second-order valence-electron chi connectivity index (χ2n) is 4.89. The fourth-order valence-corrected chi connectivity index (χ4v) is 2.39. The molecule has 0 radical (unpaired) electrons. The number of amides is 1. The third-order valence-corrected chi connectivity index (χ3v) is 3.96. The predicted octanol–water partition coefficient (Wildman–Crippen LogP) is 3.05. The van der Waals surface area contributed by atoms with E-state index in [0.29, 0.717) is 15.8 Å². The van der Waals surface area contributed by atoms with E-state index < -0.39 is 6.10 Å². The van der Waals surface area contributed by atoms with Gasteiger partial charge in [0.15, 0.2) is 6.10 Å². The van der Waals surface area contributed by atoms with Crippen LogP contribution in [0.1, 0.15) is 19.8 Å². The molecule has 4 nitrogen and oxygen atoms in total. The summed E-state index contributed by atoms with van der Waals surface area (Å²) in [4.78, 5) is 12.0. The number of hydrogen-bond donors (Lipinski definition) is 2. The lowest BCUT2D eigenvalue weighted by atomic mass is 10.1. The fourth-order valence-electron chi connectivity index (χ4n) is 2.10. The first-order chi connectivity index (χ1) is 9.56. The average molecular weight is 354 g/mol. The van der Waals surface area contributed by atoms with E-state index in [4.69, 9.17) is 27.9 Å². The van der Waals surface area contributed by atoms with Gasteiger partial charge in [-0.25, -0.2) is 0 Å². The van der Waals surface area contributed by atoms with E-state index in [-0.39, 0.29) is 24.4 Å². The Morgan fingerprint density at radius 2 is 2.19 bits per heavy atom. The highest BCUT2D eigenvalue weighted by molar-refractivity contribution is 6.42. The molecule has 0 aliphatic carbocycles. The van der Waals surface area contributed by atoms with Gasteiger partial charge in [-0.05, 0) is 38.4 Å². The maximum atomic E-state index is 12.0. The number of rotatable bonds is 4. The molecule has 7 heteroatoms. The third-order valence-electron chi connectivity index (χ3n) is 3.22. The van der Waals surface area contributed by atoms with E-state index in [9.17, 15) is 4.79 Å². The van der Waals surface area contributed by atoms with Gasteiger partial charge in [0.2, 0.25) is 0 Å². The van der Waals surface area contributed by atoms with Crippen LogP contribution in [0.2, 0.25) is 10.0 Å². The molecule has 2 atom stereocenters. The number of nitrogens with one attached hydrogen (secondary N) is 2. The highest BCUT2D eigenvalue weighted by atomic mass is 35.5. The number of carbonyl (C=O) groups is 1. The maximum absolute atomic E-state index is 12.0. The summed E-state index contributed by atoms with van der Waals surface area (Å²) in [5, 5.41) is 7.11. The number of hydrogen-bond acceptors (Lipinski definition) is 3. The van der Waals surface area contributed by atoms with Crippen LogP contribution < -0.4 is 15.4 Å². The van der Waals surface area contributed by atoms with Crippen LogP contribution in [-0.4, -0.2) is 31.1 Å². The molecule has 1 aliphatic heterocycles. The molecule has 2 rings (SSSR count). The molecule has 21 heavy (non-hydrogen) atoms. The molecule has 0 saturated carbocycles.